The van der Waals surface area contributed by atoms with Gasteiger partial charge in [-0.15, -0.1) is 6.58 Å². The number of hydrogen-bond donors (Lipinski definition) is 1. The maximum absolute atomic E-state index is 12.6. The van der Waals surface area contributed by atoms with Crippen molar-refractivity contribution in [2.24, 2.45) is 0 Å². The van der Waals surface area contributed by atoms with Gasteiger partial charge >= 0.3 is 0 Å². The number of hydrogen-bond acceptors (Lipinski definition) is 3. The number of rotatable bonds is 7. The van der Waals surface area contributed by atoms with Gasteiger partial charge in [-0.25, -0.2) is 8.42 Å². The molecule has 0 bridgehead atoms. The molecule has 0 atom stereocenters. The molecule has 5 heteroatoms. The van der Waals surface area contributed by atoms with Crippen molar-refractivity contribution in [3.8, 4) is 0 Å². The molecule has 1 aromatic carbocycles. The summed E-state index contributed by atoms with van der Waals surface area (Å²) >= 11 is 0. The third-order valence-electron chi connectivity index (χ3n) is 3.07. The van der Waals surface area contributed by atoms with E-state index in [2.05, 4.69) is 11.9 Å². The zero-order chi connectivity index (χ0) is 14.5. The molecule has 0 aromatic heterocycles. The van der Waals surface area contributed by atoms with E-state index in [4.69, 9.17) is 0 Å². The van der Waals surface area contributed by atoms with Gasteiger partial charge in [0.15, 0.2) is 0 Å². The number of benzene rings is 1. The Kier molecular flexibility index (Phi) is 5.72. The molecule has 0 saturated carbocycles. The molecule has 0 unspecified atom stereocenters. The van der Waals surface area contributed by atoms with Crippen LogP contribution in [0.4, 0.5) is 0 Å². The van der Waals surface area contributed by atoms with Crippen molar-refractivity contribution in [1.82, 2.24) is 9.62 Å². The van der Waals surface area contributed by atoms with E-state index in [9.17, 15) is 8.42 Å². The van der Waals surface area contributed by atoms with Crippen molar-refractivity contribution in [3.63, 3.8) is 0 Å². The highest BCUT2D eigenvalue weighted by Gasteiger charge is 2.24. The van der Waals surface area contributed by atoms with Crippen LogP contribution in [-0.4, -0.2) is 32.9 Å². The normalized spacial score (nSPS) is 11.8. The van der Waals surface area contributed by atoms with Crippen LogP contribution in [0.5, 0.6) is 0 Å². The lowest BCUT2D eigenvalue weighted by Crippen LogP contribution is -2.31. The Morgan fingerprint density at radius 2 is 2.11 bits per heavy atom. The maximum Gasteiger partial charge on any atom is 0.243 e. The lowest BCUT2D eigenvalue weighted by molar-refractivity contribution is 0.459. The Balaban J connectivity index is 3.28. The molecular weight excluding hydrogens is 260 g/mol. The summed E-state index contributed by atoms with van der Waals surface area (Å²) in [6.45, 7) is 8.70. The second kappa shape index (κ2) is 6.84. The van der Waals surface area contributed by atoms with E-state index in [1.165, 1.54) is 4.31 Å². The first-order valence-electron chi connectivity index (χ1n) is 6.33. The molecule has 0 spiro atoms. The minimum absolute atomic E-state index is 0.328. The van der Waals surface area contributed by atoms with Gasteiger partial charge in [0.25, 0.3) is 0 Å². The highest BCUT2D eigenvalue weighted by Crippen LogP contribution is 2.22. The van der Waals surface area contributed by atoms with Crippen LogP contribution in [0.15, 0.2) is 35.7 Å². The summed E-state index contributed by atoms with van der Waals surface area (Å²) in [6.07, 6.45) is 1.60. The first-order chi connectivity index (χ1) is 8.98. The van der Waals surface area contributed by atoms with E-state index in [-0.39, 0.29) is 0 Å². The molecule has 106 valence electrons. The lowest BCUT2D eigenvalue weighted by Gasteiger charge is -2.21. The molecule has 0 aliphatic rings. The summed E-state index contributed by atoms with van der Waals surface area (Å²) in [5.74, 6) is 0. The van der Waals surface area contributed by atoms with E-state index in [1.807, 2.05) is 27.0 Å². The van der Waals surface area contributed by atoms with Gasteiger partial charge in [0.1, 0.15) is 0 Å². The van der Waals surface area contributed by atoms with E-state index in [0.29, 0.717) is 24.5 Å². The zero-order valence-corrected chi connectivity index (χ0v) is 12.6. The van der Waals surface area contributed by atoms with Crippen molar-refractivity contribution in [1.29, 1.82) is 0 Å². The number of sulfonamides is 1. The lowest BCUT2D eigenvalue weighted by atomic mass is 10.1. The minimum atomic E-state index is -3.45. The van der Waals surface area contributed by atoms with E-state index < -0.39 is 10.0 Å². The molecule has 0 aliphatic carbocycles. The third kappa shape index (κ3) is 3.43. The predicted octanol–water partition coefficient (Wildman–Crippen LogP) is 1.91. The van der Waals surface area contributed by atoms with Crippen molar-refractivity contribution < 1.29 is 8.42 Å². The molecule has 0 radical (unpaired) electrons. The molecule has 0 fully saturated rings. The van der Waals surface area contributed by atoms with Crippen molar-refractivity contribution in [2.45, 2.75) is 25.3 Å². The van der Waals surface area contributed by atoms with Gasteiger partial charge in [0, 0.05) is 19.6 Å². The standard InChI is InChI=1S/C14H22N2O2S/c1-5-10-16(6-2)19(17,18)14-9-7-8-13(11-15-4)12(14)3/h5,7-9,15H,1,6,10-11H2,2-4H3. The van der Waals surface area contributed by atoms with Crippen LogP contribution >= 0.6 is 0 Å². The van der Waals surface area contributed by atoms with E-state index in [0.717, 1.165) is 11.1 Å². The van der Waals surface area contributed by atoms with Gasteiger partial charge in [-0.3, -0.25) is 0 Å². The molecule has 0 amide bonds. The second-order valence-electron chi connectivity index (χ2n) is 4.31. The van der Waals surface area contributed by atoms with Gasteiger partial charge in [-0.05, 0) is 31.2 Å². The van der Waals surface area contributed by atoms with Gasteiger partial charge in [-0.2, -0.15) is 4.31 Å². The first-order valence-corrected chi connectivity index (χ1v) is 7.77. The van der Waals surface area contributed by atoms with Crippen LogP contribution in [0, 0.1) is 6.92 Å². The van der Waals surface area contributed by atoms with Crippen molar-refractivity contribution in [2.75, 3.05) is 20.1 Å². The molecular formula is C14H22N2O2S. The molecule has 1 aromatic rings. The van der Waals surface area contributed by atoms with Crippen LogP contribution in [-0.2, 0) is 16.6 Å². The van der Waals surface area contributed by atoms with Gasteiger partial charge in [0.2, 0.25) is 10.0 Å². The summed E-state index contributed by atoms with van der Waals surface area (Å²) in [5, 5.41) is 3.05. The summed E-state index contributed by atoms with van der Waals surface area (Å²) in [4.78, 5) is 0.379. The second-order valence-corrected chi connectivity index (χ2v) is 6.22. The van der Waals surface area contributed by atoms with Gasteiger partial charge < -0.3 is 5.32 Å². The average molecular weight is 282 g/mol. The Bertz CT molecular complexity index is 538. The fourth-order valence-corrected chi connectivity index (χ4v) is 3.69. The Labute approximate surface area is 116 Å². The van der Waals surface area contributed by atoms with Crippen LogP contribution in [0.3, 0.4) is 0 Å². The van der Waals surface area contributed by atoms with Crippen molar-refractivity contribution in [3.05, 3.63) is 42.0 Å². The Hall–Kier alpha value is -1.17. The number of likely N-dealkylation sites (N-methyl/N-ethyl adjacent to an activating group) is 1. The SMILES string of the molecule is C=CCN(CC)S(=O)(=O)c1cccc(CNC)c1C. The molecule has 1 N–H and O–H groups in total. The molecule has 0 aliphatic heterocycles. The fraction of sp³-hybridized carbons (Fsp3) is 0.429. The minimum Gasteiger partial charge on any atom is -0.316 e. The molecule has 19 heavy (non-hydrogen) atoms. The third-order valence-corrected chi connectivity index (χ3v) is 5.15. The monoisotopic (exact) mass is 282 g/mol. The quantitative estimate of drug-likeness (QED) is 0.777. The zero-order valence-electron chi connectivity index (χ0n) is 11.8. The van der Waals surface area contributed by atoms with Crippen LogP contribution < -0.4 is 5.32 Å². The van der Waals surface area contributed by atoms with Gasteiger partial charge in [0.05, 0.1) is 4.90 Å². The van der Waals surface area contributed by atoms with Crippen LogP contribution in [0.1, 0.15) is 18.1 Å². The fourth-order valence-electron chi connectivity index (χ4n) is 2.00. The van der Waals surface area contributed by atoms with E-state index in [1.54, 1.807) is 18.2 Å². The molecule has 0 saturated heterocycles. The van der Waals surface area contributed by atoms with E-state index >= 15 is 0 Å². The smallest absolute Gasteiger partial charge is 0.243 e. The maximum atomic E-state index is 12.6. The largest absolute Gasteiger partial charge is 0.316 e. The summed E-state index contributed by atoms with van der Waals surface area (Å²) in [5.41, 5.74) is 1.80. The average Bonchev–Trinajstić information content (AvgIpc) is 2.38. The molecule has 4 nitrogen and oxygen atoms in total. The van der Waals surface area contributed by atoms with Gasteiger partial charge in [-0.1, -0.05) is 25.1 Å². The van der Waals surface area contributed by atoms with Crippen molar-refractivity contribution >= 4 is 10.0 Å². The highest BCUT2D eigenvalue weighted by molar-refractivity contribution is 7.89. The predicted molar refractivity (Wildman–Crippen MR) is 78.6 cm³/mol. The summed E-state index contributed by atoms with van der Waals surface area (Å²) in [7, 11) is -1.61. The Morgan fingerprint density at radius 3 is 2.63 bits per heavy atom. The Morgan fingerprint density at radius 1 is 1.42 bits per heavy atom. The topological polar surface area (TPSA) is 49.4 Å². The summed E-state index contributed by atoms with van der Waals surface area (Å²) < 4.78 is 26.6. The van der Waals surface area contributed by atoms with Crippen LogP contribution in [0.25, 0.3) is 0 Å². The highest BCUT2D eigenvalue weighted by atomic mass is 32.2. The summed E-state index contributed by atoms with van der Waals surface area (Å²) in [6, 6.07) is 5.39. The molecule has 1 rings (SSSR count). The number of nitrogens with one attached hydrogen (secondary N) is 1. The first kappa shape index (κ1) is 15.9. The number of nitrogens with zero attached hydrogens (tertiary/aromatic N) is 1. The molecule has 0 heterocycles. The van der Waals surface area contributed by atoms with Crippen LogP contribution in [0.2, 0.25) is 0 Å².